The fourth-order valence-corrected chi connectivity index (χ4v) is 7.16. The average molecular weight is 498 g/mol. The molecular formula is C38H27N. The largest absolute Gasteiger partial charge is 0.253 e. The number of nitrogens with zero attached hydrogens (tertiary/aromatic N) is 1. The molecule has 0 radical (unpaired) electrons. The van der Waals surface area contributed by atoms with E-state index in [-0.39, 0.29) is 5.41 Å². The summed E-state index contributed by atoms with van der Waals surface area (Å²) in [5, 5.41) is 0. The van der Waals surface area contributed by atoms with Crippen LogP contribution in [0.15, 0.2) is 133 Å². The third-order valence-corrected chi connectivity index (χ3v) is 8.63. The monoisotopic (exact) mass is 497 g/mol. The van der Waals surface area contributed by atoms with Crippen molar-refractivity contribution in [1.82, 2.24) is 4.98 Å². The molecule has 0 atom stereocenters. The van der Waals surface area contributed by atoms with E-state index in [9.17, 15) is 0 Å². The van der Waals surface area contributed by atoms with Crippen LogP contribution >= 0.6 is 0 Å². The van der Waals surface area contributed by atoms with E-state index in [2.05, 4.69) is 140 Å². The van der Waals surface area contributed by atoms with Crippen LogP contribution in [0.3, 0.4) is 0 Å². The van der Waals surface area contributed by atoms with E-state index in [1.165, 1.54) is 55.6 Å². The number of aryl methyl sites for hydroxylation is 1. The fourth-order valence-electron chi connectivity index (χ4n) is 7.16. The summed E-state index contributed by atoms with van der Waals surface area (Å²) in [5.41, 5.74) is 16.4. The van der Waals surface area contributed by atoms with Crippen molar-refractivity contribution in [2.75, 3.05) is 0 Å². The molecule has 1 aromatic heterocycles. The van der Waals surface area contributed by atoms with Crippen molar-refractivity contribution in [3.05, 3.63) is 173 Å². The molecule has 8 rings (SSSR count). The molecule has 5 aromatic carbocycles. The Morgan fingerprint density at radius 1 is 0.513 bits per heavy atom. The highest BCUT2D eigenvalue weighted by molar-refractivity contribution is 5.96. The summed E-state index contributed by atoms with van der Waals surface area (Å²) in [6, 6.07) is 49.1. The molecule has 0 saturated carbocycles. The maximum atomic E-state index is 4.91. The maximum Gasteiger partial charge on any atom is 0.0719 e. The third-order valence-electron chi connectivity index (χ3n) is 8.63. The molecular weight excluding hydrogens is 470 g/mol. The Morgan fingerprint density at radius 3 is 1.85 bits per heavy atom. The van der Waals surface area contributed by atoms with E-state index in [0.29, 0.717) is 0 Å². The standard InChI is InChI=1S/C38H27N/c1-25-22-29(24-36(39-25)26-12-3-2-4-13-26)30-17-11-21-35-37(30)31-16-7-10-20-34(31)38(35)32-18-8-5-14-27(32)23-28-15-6-9-19-33(28)38/h2-22,24H,23H2,1H3. The molecule has 0 unspecified atom stereocenters. The van der Waals surface area contributed by atoms with Gasteiger partial charge >= 0.3 is 0 Å². The highest BCUT2D eigenvalue weighted by Gasteiger charge is 2.50. The van der Waals surface area contributed by atoms with Crippen molar-refractivity contribution < 1.29 is 0 Å². The molecule has 1 spiro atoms. The van der Waals surface area contributed by atoms with Crippen LogP contribution in [0.5, 0.6) is 0 Å². The highest BCUT2D eigenvalue weighted by Crippen LogP contribution is 2.60. The number of hydrogen-bond acceptors (Lipinski definition) is 1. The van der Waals surface area contributed by atoms with Gasteiger partial charge in [-0.2, -0.15) is 0 Å². The number of benzene rings is 5. The lowest BCUT2D eigenvalue weighted by Crippen LogP contribution is -2.34. The molecule has 184 valence electrons. The zero-order valence-corrected chi connectivity index (χ0v) is 21.9. The molecule has 0 bridgehead atoms. The molecule has 0 N–H and O–H groups in total. The summed E-state index contributed by atoms with van der Waals surface area (Å²) >= 11 is 0. The van der Waals surface area contributed by atoms with Gasteiger partial charge in [-0.1, -0.05) is 121 Å². The maximum absolute atomic E-state index is 4.91. The van der Waals surface area contributed by atoms with Crippen molar-refractivity contribution >= 4 is 0 Å². The highest BCUT2D eigenvalue weighted by atomic mass is 14.7. The zero-order chi connectivity index (χ0) is 26.0. The Hall–Kier alpha value is -4.75. The van der Waals surface area contributed by atoms with E-state index in [1.54, 1.807) is 0 Å². The molecule has 0 aliphatic heterocycles. The van der Waals surface area contributed by atoms with Crippen LogP contribution < -0.4 is 0 Å². The number of aromatic nitrogens is 1. The molecule has 2 aliphatic carbocycles. The van der Waals surface area contributed by atoms with Gasteiger partial charge in [-0.05, 0) is 81.1 Å². The summed E-state index contributed by atoms with van der Waals surface area (Å²) in [5.74, 6) is 0. The minimum atomic E-state index is -0.336. The molecule has 39 heavy (non-hydrogen) atoms. The van der Waals surface area contributed by atoms with E-state index >= 15 is 0 Å². The van der Waals surface area contributed by atoms with E-state index in [0.717, 1.165) is 23.4 Å². The van der Waals surface area contributed by atoms with Gasteiger partial charge in [-0.25, -0.2) is 0 Å². The van der Waals surface area contributed by atoms with Crippen LogP contribution in [-0.2, 0) is 11.8 Å². The summed E-state index contributed by atoms with van der Waals surface area (Å²) in [6.07, 6.45) is 0.968. The average Bonchev–Trinajstić information content (AvgIpc) is 3.29. The van der Waals surface area contributed by atoms with Crippen molar-refractivity contribution in [3.63, 3.8) is 0 Å². The van der Waals surface area contributed by atoms with Crippen LogP contribution in [0, 0.1) is 6.92 Å². The first kappa shape index (κ1) is 22.3. The summed E-state index contributed by atoms with van der Waals surface area (Å²) in [7, 11) is 0. The van der Waals surface area contributed by atoms with Crippen molar-refractivity contribution in [2.45, 2.75) is 18.8 Å². The number of rotatable bonds is 2. The van der Waals surface area contributed by atoms with Crippen molar-refractivity contribution in [1.29, 1.82) is 0 Å². The van der Waals surface area contributed by atoms with Crippen molar-refractivity contribution in [3.8, 4) is 33.5 Å². The van der Waals surface area contributed by atoms with Gasteiger partial charge in [-0.15, -0.1) is 0 Å². The van der Waals surface area contributed by atoms with Crippen molar-refractivity contribution in [2.24, 2.45) is 0 Å². The predicted octanol–water partition coefficient (Wildman–Crippen LogP) is 8.99. The predicted molar refractivity (Wildman–Crippen MR) is 160 cm³/mol. The molecule has 6 aromatic rings. The van der Waals surface area contributed by atoms with E-state index in [1.807, 2.05) is 0 Å². The van der Waals surface area contributed by atoms with Gasteiger partial charge in [0.25, 0.3) is 0 Å². The van der Waals surface area contributed by atoms with E-state index < -0.39 is 0 Å². The van der Waals surface area contributed by atoms with Gasteiger partial charge in [0.1, 0.15) is 0 Å². The van der Waals surface area contributed by atoms with Gasteiger partial charge in [0, 0.05) is 11.3 Å². The first-order valence-electron chi connectivity index (χ1n) is 13.7. The van der Waals surface area contributed by atoms with Gasteiger partial charge in [0.2, 0.25) is 0 Å². The molecule has 1 heterocycles. The second kappa shape index (κ2) is 8.38. The zero-order valence-electron chi connectivity index (χ0n) is 21.9. The van der Waals surface area contributed by atoms with Gasteiger partial charge in [0.15, 0.2) is 0 Å². The Kier molecular flexibility index (Phi) is 4.78. The molecule has 0 amide bonds. The quantitative estimate of drug-likeness (QED) is 0.232. The van der Waals surface area contributed by atoms with Crippen LogP contribution in [0.25, 0.3) is 33.5 Å². The third kappa shape index (κ3) is 3.11. The normalized spacial score (nSPS) is 13.9. The number of fused-ring (bicyclic) bond motifs is 9. The first-order chi connectivity index (χ1) is 19.2. The topological polar surface area (TPSA) is 12.9 Å². The molecule has 2 aliphatic rings. The van der Waals surface area contributed by atoms with Crippen LogP contribution in [-0.4, -0.2) is 4.98 Å². The molecule has 1 heteroatoms. The fraction of sp³-hybridized carbons (Fsp3) is 0.0789. The Labute approximate surface area is 229 Å². The van der Waals surface area contributed by atoms with Gasteiger partial charge < -0.3 is 0 Å². The second-order valence-electron chi connectivity index (χ2n) is 10.8. The number of hydrogen-bond donors (Lipinski definition) is 0. The lowest BCUT2D eigenvalue weighted by atomic mass is 9.61. The Balaban J connectivity index is 1.47. The smallest absolute Gasteiger partial charge is 0.0719 e. The SMILES string of the molecule is Cc1cc(-c2cccc3c2-c2ccccc2C32c3ccccc3Cc3ccccc32)cc(-c2ccccc2)n1. The van der Waals surface area contributed by atoms with Crippen LogP contribution in [0.4, 0.5) is 0 Å². The minimum absolute atomic E-state index is 0.336. The van der Waals surface area contributed by atoms with Gasteiger partial charge in [0.05, 0.1) is 11.1 Å². The molecule has 0 saturated heterocycles. The van der Waals surface area contributed by atoms with Crippen LogP contribution in [0.2, 0.25) is 0 Å². The lowest BCUT2D eigenvalue weighted by molar-refractivity contribution is 0.722. The Bertz CT molecular complexity index is 1850. The van der Waals surface area contributed by atoms with E-state index in [4.69, 9.17) is 4.98 Å². The Morgan fingerprint density at radius 2 is 1.10 bits per heavy atom. The van der Waals surface area contributed by atoms with Gasteiger partial charge in [-0.3, -0.25) is 4.98 Å². The van der Waals surface area contributed by atoms with Crippen LogP contribution in [0.1, 0.15) is 39.1 Å². The molecule has 0 fully saturated rings. The lowest BCUT2D eigenvalue weighted by Gasteiger charge is -2.40. The minimum Gasteiger partial charge on any atom is -0.253 e. The summed E-state index contributed by atoms with van der Waals surface area (Å²) in [6.45, 7) is 2.10. The summed E-state index contributed by atoms with van der Waals surface area (Å²) < 4.78 is 0. The molecule has 1 nitrogen and oxygen atoms in total. The summed E-state index contributed by atoms with van der Waals surface area (Å²) in [4.78, 5) is 4.91. The first-order valence-corrected chi connectivity index (χ1v) is 13.7. The number of pyridine rings is 1. The second-order valence-corrected chi connectivity index (χ2v) is 10.8.